The molecule has 0 atom stereocenters. The number of fused-ring (bicyclic) bond motifs is 1. The first-order valence-electron chi connectivity index (χ1n) is 6.86. The highest BCUT2D eigenvalue weighted by molar-refractivity contribution is 5.94. The molecule has 1 aromatic heterocycles. The van der Waals surface area contributed by atoms with Crippen molar-refractivity contribution in [1.82, 2.24) is 20.8 Å². The molecule has 2 amide bonds. The molecule has 4 N–H and O–H groups in total. The molecule has 7 heteroatoms. The zero-order valence-corrected chi connectivity index (χ0v) is 11.6. The fourth-order valence-electron chi connectivity index (χ4n) is 1.99. The number of para-hydroxylation sites is 2. The number of carbonyl (C=O) groups excluding carboxylic acids is 2. The number of nitrogens with one attached hydrogen (secondary N) is 3. The van der Waals surface area contributed by atoms with Crippen molar-refractivity contribution in [3.8, 4) is 0 Å². The Hall–Kier alpha value is -2.41. The molecule has 0 radical (unpaired) electrons. The molecule has 0 saturated carbocycles. The monoisotopic (exact) mass is 290 g/mol. The average Bonchev–Trinajstić information content (AvgIpc) is 2.94. The lowest BCUT2D eigenvalue weighted by molar-refractivity contribution is -0.129. The van der Waals surface area contributed by atoms with Crippen LogP contribution in [-0.2, 0) is 4.79 Å². The van der Waals surface area contributed by atoms with Crippen molar-refractivity contribution in [3.05, 3.63) is 30.1 Å². The van der Waals surface area contributed by atoms with Crippen LogP contribution in [-0.4, -0.2) is 33.5 Å². The van der Waals surface area contributed by atoms with Gasteiger partial charge in [0.05, 0.1) is 11.0 Å². The summed E-state index contributed by atoms with van der Waals surface area (Å²) in [5, 5.41) is 11.1. The standard InChI is InChI=1S/C14H18N4O3/c19-12(18-21)8-2-1-5-9-15-14(20)13-16-10-6-3-4-7-11(10)17-13/h3-4,6-7,21H,1-2,5,8-9H2,(H,15,20)(H,16,17)(H,18,19). The third-order valence-electron chi connectivity index (χ3n) is 3.10. The third kappa shape index (κ3) is 4.28. The number of aromatic nitrogens is 2. The van der Waals surface area contributed by atoms with E-state index in [0.29, 0.717) is 18.8 Å². The molecule has 0 saturated heterocycles. The van der Waals surface area contributed by atoms with Gasteiger partial charge in [-0.3, -0.25) is 14.8 Å². The molecule has 1 heterocycles. The molecule has 0 aliphatic carbocycles. The number of amides is 2. The molecule has 112 valence electrons. The van der Waals surface area contributed by atoms with Crippen LogP contribution in [0.25, 0.3) is 11.0 Å². The minimum Gasteiger partial charge on any atom is -0.349 e. The van der Waals surface area contributed by atoms with Gasteiger partial charge in [0.2, 0.25) is 5.91 Å². The highest BCUT2D eigenvalue weighted by Crippen LogP contribution is 2.10. The van der Waals surface area contributed by atoms with Crippen molar-refractivity contribution in [2.24, 2.45) is 0 Å². The number of hydrogen-bond donors (Lipinski definition) is 4. The quantitative estimate of drug-likeness (QED) is 0.351. The molecule has 0 bridgehead atoms. The van der Waals surface area contributed by atoms with Gasteiger partial charge in [-0.15, -0.1) is 0 Å². The Balaban J connectivity index is 1.71. The Morgan fingerprint density at radius 1 is 1.19 bits per heavy atom. The maximum Gasteiger partial charge on any atom is 0.287 e. The fraction of sp³-hybridized carbons (Fsp3) is 0.357. The Kier molecular flexibility index (Phi) is 5.28. The van der Waals surface area contributed by atoms with E-state index in [-0.39, 0.29) is 18.2 Å². The summed E-state index contributed by atoms with van der Waals surface area (Å²) in [5.74, 6) is -0.323. The lowest BCUT2D eigenvalue weighted by atomic mass is 10.2. The summed E-state index contributed by atoms with van der Waals surface area (Å²) in [6, 6.07) is 7.46. The van der Waals surface area contributed by atoms with Crippen molar-refractivity contribution < 1.29 is 14.8 Å². The molecule has 0 unspecified atom stereocenters. The molecule has 2 rings (SSSR count). The molecular weight excluding hydrogens is 272 g/mol. The average molecular weight is 290 g/mol. The lowest BCUT2D eigenvalue weighted by Gasteiger charge is -2.03. The summed E-state index contributed by atoms with van der Waals surface area (Å²) < 4.78 is 0. The second-order valence-electron chi connectivity index (χ2n) is 4.70. The zero-order valence-electron chi connectivity index (χ0n) is 11.6. The fourth-order valence-corrected chi connectivity index (χ4v) is 1.99. The van der Waals surface area contributed by atoms with Crippen molar-refractivity contribution in [2.75, 3.05) is 6.54 Å². The van der Waals surface area contributed by atoms with Gasteiger partial charge in [0.15, 0.2) is 5.82 Å². The second-order valence-corrected chi connectivity index (χ2v) is 4.70. The van der Waals surface area contributed by atoms with E-state index < -0.39 is 0 Å². The highest BCUT2D eigenvalue weighted by atomic mass is 16.5. The Bertz CT molecular complexity index is 590. The number of aromatic amines is 1. The van der Waals surface area contributed by atoms with Crippen molar-refractivity contribution in [2.45, 2.75) is 25.7 Å². The smallest absolute Gasteiger partial charge is 0.287 e. The van der Waals surface area contributed by atoms with Crippen LogP contribution >= 0.6 is 0 Å². The number of hydrogen-bond acceptors (Lipinski definition) is 4. The second kappa shape index (κ2) is 7.39. The van der Waals surface area contributed by atoms with Crippen LogP contribution in [0.2, 0.25) is 0 Å². The van der Waals surface area contributed by atoms with E-state index in [1.165, 1.54) is 0 Å². The van der Waals surface area contributed by atoms with Crippen LogP contribution in [0.4, 0.5) is 0 Å². The number of unbranched alkanes of at least 4 members (excludes halogenated alkanes) is 2. The summed E-state index contributed by atoms with van der Waals surface area (Å²) in [7, 11) is 0. The first-order chi connectivity index (χ1) is 10.2. The van der Waals surface area contributed by atoms with Crippen molar-refractivity contribution >= 4 is 22.8 Å². The summed E-state index contributed by atoms with van der Waals surface area (Å²) in [5.41, 5.74) is 3.18. The van der Waals surface area contributed by atoms with E-state index in [2.05, 4.69) is 15.3 Å². The van der Waals surface area contributed by atoms with Gasteiger partial charge in [-0.1, -0.05) is 18.6 Å². The molecule has 21 heavy (non-hydrogen) atoms. The van der Waals surface area contributed by atoms with E-state index >= 15 is 0 Å². The van der Waals surface area contributed by atoms with E-state index in [1.54, 1.807) is 5.48 Å². The number of imidazole rings is 1. The topological polar surface area (TPSA) is 107 Å². The molecule has 0 spiro atoms. The number of rotatable bonds is 7. The predicted molar refractivity (Wildman–Crippen MR) is 76.8 cm³/mol. The van der Waals surface area contributed by atoms with Gasteiger partial charge in [0, 0.05) is 13.0 Å². The molecule has 1 aromatic carbocycles. The molecule has 0 fully saturated rings. The predicted octanol–water partition coefficient (Wildman–Crippen LogP) is 1.36. The molecular formula is C14H18N4O3. The maximum atomic E-state index is 11.9. The van der Waals surface area contributed by atoms with Gasteiger partial charge in [0.25, 0.3) is 5.91 Å². The van der Waals surface area contributed by atoms with Crippen LogP contribution in [0.5, 0.6) is 0 Å². The van der Waals surface area contributed by atoms with Gasteiger partial charge >= 0.3 is 0 Å². The van der Waals surface area contributed by atoms with E-state index in [0.717, 1.165) is 23.9 Å². The first-order valence-corrected chi connectivity index (χ1v) is 6.86. The van der Waals surface area contributed by atoms with Crippen LogP contribution in [0, 0.1) is 0 Å². The maximum absolute atomic E-state index is 11.9. The van der Waals surface area contributed by atoms with Gasteiger partial charge in [-0.2, -0.15) is 0 Å². The minimum absolute atomic E-state index is 0.237. The Morgan fingerprint density at radius 2 is 2.00 bits per heavy atom. The summed E-state index contributed by atoms with van der Waals surface area (Å²) in [6.07, 6.45) is 2.53. The molecule has 0 aliphatic rings. The van der Waals surface area contributed by atoms with Crippen LogP contribution in [0.3, 0.4) is 0 Å². The highest BCUT2D eigenvalue weighted by Gasteiger charge is 2.10. The van der Waals surface area contributed by atoms with Gasteiger partial charge < -0.3 is 10.3 Å². The number of carbonyl (C=O) groups is 2. The van der Waals surface area contributed by atoms with Gasteiger partial charge in [0.1, 0.15) is 0 Å². The van der Waals surface area contributed by atoms with Crippen LogP contribution in [0.1, 0.15) is 36.3 Å². The first kappa shape index (κ1) is 15.0. The SMILES string of the molecule is O=C(CCCCCNC(=O)c1nc2ccccc2[nH]1)NO. The summed E-state index contributed by atoms with van der Waals surface area (Å²) >= 11 is 0. The van der Waals surface area contributed by atoms with Crippen molar-refractivity contribution in [3.63, 3.8) is 0 Å². The zero-order chi connectivity index (χ0) is 15.1. The van der Waals surface area contributed by atoms with Gasteiger partial charge in [-0.05, 0) is 25.0 Å². The molecule has 2 aromatic rings. The molecule has 0 aliphatic heterocycles. The summed E-state index contributed by atoms with van der Waals surface area (Å²) in [6.45, 7) is 0.524. The van der Waals surface area contributed by atoms with Crippen LogP contribution in [0.15, 0.2) is 24.3 Å². The third-order valence-corrected chi connectivity index (χ3v) is 3.10. The number of hydroxylamine groups is 1. The number of benzene rings is 1. The number of nitrogens with zero attached hydrogens (tertiary/aromatic N) is 1. The minimum atomic E-state index is -0.388. The van der Waals surface area contributed by atoms with E-state index in [9.17, 15) is 9.59 Å². The Morgan fingerprint density at radius 3 is 2.76 bits per heavy atom. The lowest BCUT2D eigenvalue weighted by Crippen LogP contribution is -2.25. The van der Waals surface area contributed by atoms with E-state index in [1.807, 2.05) is 24.3 Å². The van der Waals surface area contributed by atoms with Crippen molar-refractivity contribution in [1.29, 1.82) is 0 Å². The van der Waals surface area contributed by atoms with E-state index in [4.69, 9.17) is 5.21 Å². The molecule has 7 nitrogen and oxygen atoms in total. The summed E-state index contributed by atoms with van der Waals surface area (Å²) in [4.78, 5) is 29.9. The largest absolute Gasteiger partial charge is 0.349 e. The normalized spacial score (nSPS) is 10.5. The Labute approximate surface area is 121 Å². The number of H-pyrrole nitrogens is 1. The van der Waals surface area contributed by atoms with Gasteiger partial charge in [-0.25, -0.2) is 10.5 Å². The van der Waals surface area contributed by atoms with Crippen LogP contribution < -0.4 is 10.8 Å².